The summed E-state index contributed by atoms with van der Waals surface area (Å²) in [5, 5.41) is 2.88. The first-order chi connectivity index (χ1) is 10.7. The predicted molar refractivity (Wildman–Crippen MR) is 95.0 cm³/mol. The van der Waals surface area contributed by atoms with Gasteiger partial charge in [0.15, 0.2) is 0 Å². The maximum Gasteiger partial charge on any atom is 0.234 e. The van der Waals surface area contributed by atoms with E-state index in [2.05, 4.69) is 31.2 Å². The van der Waals surface area contributed by atoms with Crippen LogP contribution in [0.25, 0.3) is 11.0 Å². The molecule has 112 valence electrons. The highest BCUT2D eigenvalue weighted by Gasteiger charge is 2.06. The fraction of sp³-hybridized carbons (Fsp3) is 0.125. The zero-order valence-corrected chi connectivity index (χ0v) is 14.1. The van der Waals surface area contributed by atoms with Gasteiger partial charge in [-0.25, -0.2) is 4.98 Å². The molecule has 0 aliphatic rings. The number of hydrogen-bond donors (Lipinski definition) is 2. The number of fused-ring (bicyclic) bond motifs is 1. The molecule has 1 heterocycles. The Balaban J connectivity index is 1.51. The summed E-state index contributed by atoms with van der Waals surface area (Å²) in [4.78, 5) is 19.7. The van der Waals surface area contributed by atoms with Gasteiger partial charge in [-0.3, -0.25) is 4.79 Å². The van der Waals surface area contributed by atoms with Gasteiger partial charge in [0.1, 0.15) is 5.82 Å². The van der Waals surface area contributed by atoms with Gasteiger partial charge < -0.3 is 10.3 Å². The summed E-state index contributed by atoms with van der Waals surface area (Å²) in [6.45, 7) is 0. The van der Waals surface area contributed by atoms with Crippen molar-refractivity contribution < 1.29 is 4.79 Å². The van der Waals surface area contributed by atoms with Crippen LogP contribution < -0.4 is 5.32 Å². The van der Waals surface area contributed by atoms with Gasteiger partial charge in [0, 0.05) is 10.2 Å². The van der Waals surface area contributed by atoms with Crippen LogP contribution in [0.2, 0.25) is 0 Å². The van der Waals surface area contributed by atoms with Crippen LogP contribution in [0.4, 0.5) is 5.69 Å². The fourth-order valence-electron chi connectivity index (χ4n) is 2.08. The second-order valence-corrected chi connectivity index (χ2v) is 6.65. The molecule has 0 aliphatic carbocycles. The molecule has 6 heteroatoms. The third-order valence-corrected chi connectivity index (χ3v) is 4.46. The lowest BCUT2D eigenvalue weighted by atomic mass is 10.3. The van der Waals surface area contributed by atoms with Gasteiger partial charge in [0.05, 0.1) is 22.5 Å². The number of anilines is 1. The molecule has 0 saturated heterocycles. The summed E-state index contributed by atoms with van der Waals surface area (Å²) >= 11 is 4.92. The van der Waals surface area contributed by atoms with Crippen molar-refractivity contribution in [2.75, 3.05) is 11.1 Å². The largest absolute Gasteiger partial charge is 0.341 e. The topological polar surface area (TPSA) is 57.8 Å². The van der Waals surface area contributed by atoms with Gasteiger partial charge in [-0.15, -0.1) is 11.8 Å². The SMILES string of the molecule is O=C(CSCc1nc2ccccc2[nH]1)Nc1cccc(Br)c1. The van der Waals surface area contributed by atoms with Crippen LogP contribution in [0.15, 0.2) is 53.0 Å². The van der Waals surface area contributed by atoms with Gasteiger partial charge in [-0.05, 0) is 30.3 Å². The summed E-state index contributed by atoms with van der Waals surface area (Å²) in [5.41, 5.74) is 2.78. The van der Waals surface area contributed by atoms with E-state index in [-0.39, 0.29) is 5.91 Å². The third kappa shape index (κ3) is 3.90. The average Bonchev–Trinajstić information content (AvgIpc) is 2.90. The Morgan fingerprint density at radius 3 is 2.91 bits per heavy atom. The van der Waals surface area contributed by atoms with Gasteiger partial charge in [0.25, 0.3) is 0 Å². The van der Waals surface area contributed by atoms with E-state index in [4.69, 9.17) is 0 Å². The van der Waals surface area contributed by atoms with E-state index < -0.39 is 0 Å². The van der Waals surface area contributed by atoms with Gasteiger partial charge in [0.2, 0.25) is 5.91 Å². The molecule has 0 radical (unpaired) electrons. The quantitative estimate of drug-likeness (QED) is 0.702. The van der Waals surface area contributed by atoms with E-state index in [0.717, 1.165) is 27.0 Å². The number of thioether (sulfide) groups is 1. The molecular formula is C16H14BrN3OS. The second kappa shape index (κ2) is 6.98. The number of nitrogens with zero attached hydrogens (tertiary/aromatic N) is 1. The van der Waals surface area contributed by atoms with Crippen molar-refractivity contribution in [2.24, 2.45) is 0 Å². The first-order valence-corrected chi connectivity index (χ1v) is 8.72. The first kappa shape index (κ1) is 15.1. The molecule has 4 nitrogen and oxygen atoms in total. The number of carbonyl (C=O) groups excluding carboxylic acids is 1. The minimum atomic E-state index is -0.0146. The van der Waals surface area contributed by atoms with Crippen molar-refractivity contribution in [3.63, 3.8) is 0 Å². The highest BCUT2D eigenvalue weighted by Crippen LogP contribution is 2.17. The van der Waals surface area contributed by atoms with Crippen LogP contribution in [0.1, 0.15) is 5.82 Å². The number of rotatable bonds is 5. The van der Waals surface area contributed by atoms with Gasteiger partial charge in [-0.1, -0.05) is 34.1 Å². The smallest absolute Gasteiger partial charge is 0.234 e. The summed E-state index contributed by atoms with van der Waals surface area (Å²) < 4.78 is 0.945. The van der Waals surface area contributed by atoms with Crippen LogP contribution >= 0.6 is 27.7 Å². The normalized spacial score (nSPS) is 10.8. The molecule has 1 aromatic heterocycles. The number of benzene rings is 2. The van der Waals surface area contributed by atoms with Crippen LogP contribution in [0.3, 0.4) is 0 Å². The molecule has 22 heavy (non-hydrogen) atoms. The summed E-state index contributed by atoms with van der Waals surface area (Å²) in [6, 6.07) is 15.5. The lowest BCUT2D eigenvalue weighted by Gasteiger charge is -2.04. The van der Waals surface area contributed by atoms with Crippen LogP contribution in [-0.2, 0) is 10.5 Å². The number of amides is 1. The van der Waals surface area contributed by atoms with E-state index in [1.807, 2.05) is 48.5 Å². The van der Waals surface area contributed by atoms with Crippen molar-refractivity contribution in [2.45, 2.75) is 5.75 Å². The molecule has 0 aliphatic heterocycles. The number of halogens is 1. The number of nitrogens with one attached hydrogen (secondary N) is 2. The predicted octanol–water partition coefficient (Wildman–Crippen LogP) is 4.20. The van der Waals surface area contributed by atoms with E-state index in [1.165, 1.54) is 11.8 Å². The molecule has 0 bridgehead atoms. The molecule has 2 aromatic carbocycles. The Hall–Kier alpha value is -1.79. The number of aromatic amines is 1. The molecule has 0 atom stereocenters. The Kier molecular flexibility index (Phi) is 4.80. The number of hydrogen-bond acceptors (Lipinski definition) is 3. The van der Waals surface area contributed by atoms with Gasteiger partial charge >= 0.3 is 0 Å². The second-order valence-electron chi connectivity index (χ2n) is 4.75. The van der Waals surface area contributed by atoms with Crippen molar-refractivity contribution in [3.8, 4) is 0 Å². The molecule has 0 unspecified atom stereocenters. The monoisotopic (exact) mass is 375 g/mol. The van der Waals surface area contributed by atoms with Gasteiger partial charge in [-0.2, -0.15) is 0 Å². The zero-order chi connectivity index (χ0) is 15.4. The number of imidazole rings is 1. The Labute approximate surface area is 140 Å². The minimum Gasteiger partial charge on any atom is -0.341 e. The lowest BCUT2D eigenvalue weighted by Crippen LogP contribution is -2.14. The van der Waals surface area contributed by atoms with Crippen molar-refractivity contribution >= 4 is 50.3 Å². The van der Waals surface area contributed by atoms with Crippen molar-refractivity contribution in [1.82, 2.24) is 9.97 Å². The van der Waals surface area contributed by atoms with E-state index >= 15 is 0 Å². The zero-order valence-electron chi connectivity index (χ0n) is 11.7. The lowest BCUT2D eigenvalue weighted by molar-refractivity contribution is -0.113. The Morgan fingerprint density at radius 1 is 1.23 bits per heavy atom. The summed E-state index contributed by atoms with van der Waals surface area (Å²) in [6.07, 6.45) is 0. The van der Waals surface area contributed by atoms with Crippen LogP contribution in [0, 0.1) is 0 Å². The number of para-hydroxylation sites is 2. The molecule has 3 aromatic rings. The maximum absolute atomic E-state index is 11.9. The number of H-pyrrole nitrogens is 1. The average molecular weight is 376 g/mol. The number of carbonyl (C=O) groups is 1. The fourth-order valence-corrected chi connectivity index (χ4v) is 3.17. The minimum absolute atomic E-state index is 0.0146. The number of aromatic nitrogens is 2. The molecule has 0 spiro atoms. The summed E-state index contributed by atoms with van der Waals surface area (Å²) in [5.74, 6) is 1.95. The molecule has 1 amide bonds. The Morgan fingerprint density at radius 2 is 2.09 bits per heavy atom. The first-order valence-electron chi connectivity index (χ1n) is 6.77. The molecular weight excluding hydrogens is 362 g/mol. The standard InChI is InChI=1S/C16H14BrN3OS/c17-11-4-3-5-12(8-11)18-16(21)10-22-9-15-19-13-6-1-2-7-14(13)20-15/h1-8H,9-10H2,(H,18,21)(H,19,20). The highest BCUT2D eigenvalue weighted by atomic mass is 79.9. The molecule has 0 saturated carbocycles. The third-order valence-electron chi connectivity index (χ3n) is 3.02. The van der Waals surface area contributed by atoms with Crippen LogP contribution in [0.5, 0.6) is 0 Å². The Bertz CT molecular complexity index is 770. The van der Waals surface area contributed by atoms with Crippen molar-refractivity contribution in [3.05, 3.63) is 58.8 Å². The van der Waals surface area contributed by atoms with E-state index in [0.29, 0.717) is 11.5 Å². The maximum atomic E-state index is 11.9. The van der Waals surface area contributed by atoms with Crippen LogP contribution in [-0.4, -0.2) is 21.6 Å². The highest BCUT2D eigenvalue weighted by molar-refractivity contribution is 9.10. The van der Waals surface area contributed by atoms with E-state index in [1.54, 1.807) is 0 Å². The summed E-state index contributed by atoms with van der Waals surface area (Å²) in [7, 11) is 0. The van der Waals surface area contributed by atoms with Crippen molar-refractivity contribution in [1.29, 1.82) is 0 Å². The molecule has 2 N–H and O–H groups in total. The molecule has 0 fully saturated rings. The molecule has 3 rings (SSSR count). The van der Waals surface area contributed by atoms with E-state index in [9.17, 15) is 4.79 Å².